The summed E-state index contributed by atoms with van der Waals surface area (Å²) in [5, 5.41) is 18.9. The maximum absolute atomic E-state index is 12.0. The number of aromatic nitrogens is 2. The first-order valence-corrected chi connectivity index (χ1v) is 6.27. The molecule has 1 aromatic carbocycles. The van der Waals surface area contributed by atoms with Crippen molar-refractivity contribution in [3.63, 3.8) is 0 Å². The number of carbonyl (C=O) groups is 1. The Morgan fingerprint density at radius 2 is 2.16 bits per heavy atom. The summed E-state index contributed by atoms with van der Waals surface area (Å²) in [6.07, 6.45) is 1.59. The molecule has 100 valence electrons. The zero-order valence-electron chi connectivity index (χ0n) is 10.8. The lowest BCUT2D eigenvalue weighted by Gasteiger charge is -2.09. The first-order chi connectivity index (χ1) is 9.22. The molecule has 0 fully saturated rings. The van der Waals surface area contributed by atoms with Gasteiger partial charge in [-0.3, -0.25) is 9.89 Å². The molecule has 5 heteroatoms. The summed E-state index contributed by atoms with van der Waals surface area (Å²) >= 11 is 0. The Labute approximate surface area is 111 Å². The minimum absolute atomic E-state index is 0.236. The van der Waals surface area contributed by atoms with E-state index in [-0.39, 0.29) is 12.5 Å². The van der Waals surface area contributed by atoms with E-state index < -0.39 is 6.10 Å². The van der Waals surface area contributed by atoms with E-state index in [2.05, 4.69) is 15.5 Å². The highest BCUT2D eigenvalue weighted by Crippen LogP contribution is 2.20. The number of hydrogen-bond donors (Lipinski definition) is 3. The Balaban J connectivity index is 2.14. The first kappa shape index (κ1) is 13.3. The van der Waals surface area contributed by atoms with Crippen LogP contribution in [0.5, 0.6) is 0 Å². The van der Waals surface area contributed by atoms with Gasteiger partial charge in [0.05, 0.1) is 23.6 Å². The van der Waals surface area contributed by atoms with Gasteiger partial charge in [0.25, 0.3) is 5.91 Å². The summed E-state index contributed by atoms with van der Waals surface area (Å²) < 4.78 is 0. The van der Waals surface area contributed by atoms with Gasteiger partial charge in [0.15, 0.2) is 0 Å². The zero-order chi connectivity index (χ0) is 13.7. The average molecular weight is 259 g/mol. The van der Waals surface area contributed by atoms with Crippen LogP contribution in [0, 0.1) is 0 Å². The van der Waals surface area contributed by atoms with Gasteiger partial charge < -0.3 is 10.4 Å². The number of nitrogens with zero attached hydrogens (tertiary/aromatic N) is 1. The van der Waals surface area contributed by atoms with E-state index in [0.717, 1.165) is 5.56 Å². The molecule has 0 bridgehead atoms. The molecule has 1 aromatic heterocycles. The minimum atomic E-state index is -0.518. The Bertz CT molecular complexity index is 537. The summed E-state index contributed by atoms with van der Waals surface area (Å²) in [5.41, 5.74) is 2.07. The third-order valence-corrected chi connectivity index (χ3v) is 2.92. The van der Waals surface area contributed by atoms with Crippen LogP contribution in [0.2, 0.25) is 0 Å². The van der Waals surface area contributed by atoms with Crippen LogP contribution in [-0.4, -0.2) is 33.9 Å². The maximum Gasteiger partial charge on any atom is 0.255 e. The van der Waals surface area contributed by atoms with Gasteiger partial charge in [-0.15, -0.1) is 0 Å². The van der Waals surface area contributed by atoms with Crippen LogP contribution < -0.4 is 5.32 Å². The monoisotopic (exact) mass is 259 g/mol. The van der Waals surface area contributed by atoms with Crippen molar-refractivity contribution in [1.82, 2.24) is 15.5 Å². The van der Waals surface area contributed by atoms with E-state index in [1.807, 2.05) is 37.3 Å². The van der Waals surface area contributed by atoms with Crippen molar-refractivity contribution in [2.75, 3.05) is 6.54 Å². The fourth-order valence-electron chi connectivity index (χ4n) is 1.73. The summed E-state index contributed by atoms with van der Waals surface area (Å²) in [6.45, 7) is 2.11. The molecule has 1 atom stereocenters. The second kappa shape index (κ2) is 6.15. The molecule has 0 saturated carbocycles. The number of rotatable bonds is 5. The minimum Gasteiger partial charge on any atom is -0.391 e. The Hall–Kier alpha value is -2.14. The van der Waals surface area contributed by atoms with Gasteiger partial charge in [0, 0.05) is 12.1 Å². The lowest BCUT2D eigenvalue weighted by Crippen LogP contribution is -2.31. The fraction of sp³-hybridized carbons (Fsp3) is 0.286. The van der Waals surface area contributed by atoms with Crippen LogP contribution >= 0.6 is 0 Å². The number of aromatic amines is 1. The van der Waals surface area contributed by atoms with Gasteiger partial charge in [0.1, 0.15) is 0 Å². The van der Waals surface area contributed by atoms with E-state index >= 15 is 0 Å². The Morgan fingerprint density at radius 3 is 2.84 bits per heavy atom. The quantitative estimate of drug-likeness (QED) is 0.762. The molecule has 0 aliphatic heterocycles. The maximum atomic E-state index is 12.0. The highest BCUT2D eigenvalue weighted by Gasteiger charge is 2.15. The van der Waals surface area contributed by atoms with Crippen LogP contribution in [0.25, 0.3) is 11.3 Å². The van der Waals surface area contributed by atoms with Crippen LogP contribution in [0.4, 0.5) is 0 Å². The van der Waals surface area contributed by atoms with Crippen molar-refractivity contribution in [3.05, 3.63) is 42.1 Å². The largest absolute Gasteiger partial charge is 0.391 e. The van der Waals surface area contributed by atoms with Crippen LogP contribution in [0.1, 0.15) is 23.7 Å². The van der Waals surface area contributed by atoms with Gasteiger partial charge >= 0.3 is 0 Å². The average Bonchev–Trinajstić information content (AvgIpc) is 2.94. The van der Waals surface area contributed by atoms with Crippen LogP contribution in [0.3, 0.4) is 0 Å². The molecule has 0 saturated heterocycles. The predicted octanol–water partition coefficient (Wildman–Crippen LogP) is 1.58. The lowest BCUT2D eigenvalue weighted by atomic mass is 10.1. The number of aliphatic hydroxyl groups excluding tert-OH is 1. The molecule has 0 radical (unpaired) electrons. The number of H-pyrrole nitrogens is 1. The summed E-state index contributed by atoms with van der Waals surface area (Å²) in [6, 6.07) is 9.53. The topological polar surface area (TPSA) is 78.0 Å². The molecular formula is C14H17N3O2. The normalized spacial score (nSPS) is 12.1. The third-order valence-electron chi connectivity index (χ3n) is 2.92. The molecule has 2 aromatic rings. The second-order valence-corrected chi connectivity index (χ2v) is 4.30. The van der Waals surface area contributed by atoms with Crippen molar-refractivity contribution >= 4 is 5.91 Å². The predicted molar refractivity (Wildman–Crippen MR) is 72.7 cm³/mol. The number of amides is 1. The molecule has 5 nitrogen and oxygen atoms in total. The molecule has 3 N–H and O–H groups in total. The summed E-state index contributed by atoms with van der Waals surface area (Å²) in [5.74, 6) is -0.236. The Kier molecular flexibility index (Phi) is 4.30. The number of benzene rings is 1. The van der Waals surface area contributed by atoms with Crippen molar-refractivity contribution in [2.24, 2.45) is 0 Å². The van der Waals surface area contributed by atoms with E-state index in [1.165, 1.54) is 6.20 Å². The van der Waals surface area contributed by atoms with Gasteiger partial charge in [-0.2, -0.15) is 5.10 Å². The standard InChI is InChI=1S/C14H17N3O2/c1-2-11(18)8-15-14(19)12-9-16-17-13(12)10-6-4-3-5-7-10/h3-7,9,11,18H,2,8H2,1H3,(H,15,19)(H,16,17). The molecular weight excluding hydrogens is 242 g/mol. The van der Waals surface area contributed by atoms with Crippen LogP contribution in [-0.2, 0) is 0 Å². The van der Waals surface area contributed by atoms with Gasteiger partial charge in [-0.25, -0.2) is 0 Å². The van der Waals surface area contributed by atoms with E-state index in [4.69, 9.17) is 0 Å². The lowest BCUT2D eigenvalue weighted by molar-refractivity contribution is 0.0914. The number of aliphatic hydroxyl groups is 1. The highest BCUT2D eigenvalue weighted by atomic mass is 16.3. The van der Waals surface area contributed by atoms with E-state index in [0.29, 0.717) is 17.7 Å². The summed E-state index contributed by atoms with van der Waals surface area (Å²) in [7, 11) is 0. The molecule has 1 amide bonds. The van der Waals surface area contributed by atoms with E-state index in [1.54, 1.807) is 0 Å². The fourth-order valence-corrected chi connectivity index (χ4v) is 1.73. The van der Waals surface area contributed by atoms with Gasteiger partial charge in [-0.1, -0.05) is 37.3 Å². The smallest absolute Gasteiger partial charge is 0.255 e. The number of hydrogen-bond acceptors (Lipinski definition) is 3. The Morgan fingerprint density at radius 1 is 1.42 bits per heavy atom. The van der Waals surface area contributed by atoms with Crippen molar-refractivity contribution in [2.45, 2.75) is 19.4 Å². The molecule has 2 rings (SSSR count). The first-order valence-electron chi connectivity index (χ1n) is 6.27. The van der Waals surface area contributed by atoms with Gasteiger partial charge in [-0.05, 0) is 6.42 Å². The van der Waals surface area contributed by atoms with Gasteiger partial charge in [0.2, 0.25) is 0 Å². The number of carbonyl (C=O) groups excluding carboxylic acids is 1. The van der Waals surface area contributed by atoms with Crippen molar-refractivity contribution in [1.29, 1.82) is 0 Å². The van der Waals surface area contributed by atoms with Crippen molar-refractivity contribution < 1.29 is 9.90 Å². The molecule has 0 spiro atoms. The molecule has 19 heavy (non-hydrogen) atoms. The SMILES string of the molecule is CCC(O)CNC(=O)c1cn[nH]c1-c1ccccc1. The number of nitrogens with one attached hydrogen (secondary N) is 2. The van der Waals surface area contributed by atoms with Crippen molar-refractivity contribution in [3.8, 4) is 11.3 Å². The summed E-state index contributed by atoms with van der Waals surface area (Å²) in [4.78, 5) is 12.0. The van der Waals surface area contributed by atoms with E-state index in [9.17, 15) is 9.90 Å². The zero-order valence-corrected chi connectivity index (χ0v) is 10.8. The third kappa shape index (κ3) is 3.20. The molecule has 0 aliphatic carbocycles. The molecule has 1 unspecified atom stereocenters. The second-order valence-electron chi connectivity index (χ2n) is 4.30. The highest BCUT2D eigenvalue weighted by molar-refractivity contribution is 5.99. The molecule has 1 heterocycles. The van der Waals surface area contributed by atoms with Crippen LogP contribution in [0.15, 0.2) is 36.5 Å². The molecule has 0 aliphatic rings.